The molecule has 4 rings (SSSR count). The maximum Gasteiger partial charge on any atom is 0.243 e. The van der Waals surface area contributed by atoms with Crippen molar-refractivity contribution in [2.75, 3.05) is 12.4 Å². The summed E-state index contributed by atoms with van der Waals surface area (Å²) >= 11 is 0. The van der Waals surface area contributed by atoms with Crippen molar-refractivity contribution >= 4 is 22.5 Å². The first-order valence-corrected chi connectivity index (χ1v) is 10.4. The average Bonchev–Trinajstić information content (AvgIpc) is 3.12. The fraction of sp³-hybridized carbons (Fsp3) is 0.200. The molecule has 0 saturated carbocycles. The number of nitrogens with two attached hydrogens (primary N) is 1. The molecule has 0 fully saturated rings. The molecule has 0 atom stereocenters. The van der Waals surface area contributed by atoms with Gasteiger partial charge < -0.3 is 25.1 Å². The molecule has 2 aromatic carbocycles. The Morgan fingerprint density at radius 2 is 1.82 bits per heavy atom. The van der Waals surface area contributed by atoms with Gasteiger partial charge in [0.05, 0.1) is 12.6 Å². The Kier molecular flexibility index (Phi) is 5.97. The van der Waals surface area contributed by atoms with Crippen molar-refractivity contribution in [1.29, 1.82) is 0 Å². The highest BCUT2D eigenvalue weighted by Gasteiger charge is 2.23. The predicted octanol–water partition coefficient (Wildman–Crippen LogP) is 5.00. The van der Waals surface area contributed by atoms with Crippen LogP contribution in [-0.4, -0.2) is 28.1 Å². The van der Waals surface area contributed by atoms with Gasteiger partial charge in [-0.3, -0.25) is 4.79 Å². The Hall–Kier alpha value is -3.98. The van der Waals surface area contributed by atoms with Crippen molar-refractivity contribution in [1.82, 2.24) is 9.55 Å². The van der Waals surface area contributed by atoms with Crippen LogP contribution in [0.3, 0.4) is 0 Å². The van der Waals surface area contributed by atoms with Gasteiger partial charge in [-0.05, 0) is 50.2 Å². The number of amides is 1. The number of carbonyl (C=O) groups is 1. The molecular weight excluding hydrogens is 442 g/mol. The molecule has 2 heterocycles. The van der Waals surface area contributed by atoms with Crippen LogP contribution in [-0.2, 0) is 11.8 Å². The minimum absolute atomic E-state index is 0.137. The first-order chi connectivity index (χ1) is 16.1. The van der Waals surface area contributed by atoms with E-state index in [1.807, 2.05) is 23.9 Å². The number of ether oxygens (including phenoxy) is 2. The van der Waals surface area contributed by atoms with Crippen LogP contribution >= 0.6 is 0 Å². The minimum atomic E-state index is -1.09. The second kappa shape index (κ2) is 8.75. The standard InChI is InChI=1S/C25H24F2N4O3/c1-25(2,28)24(32)30-15-6-8-20(34-21-7-5-14(26)11-19(21)27)17(12-15)18-13-31(3)22-16(18)9-10-29-23(22)33-4/h5-13H,28H2,1-4H3,(H,30,32). The molecule has 0 bridgehead atoms. The molecule has 0 aliphatic carbocycles. The quantitative estimate of drug-likeness (QED) is 0.418. The third-order valence-corrected chi connectivity index (χ3v) is 5.28. The van der Waals surface area contributed by atoms with E-state index in [2.05, 4.69) is 10.3 Å². The van der Waals surface area contributed by atoms with E-state index in [-0.39, 0.29) is 11.7 Å². The normalized spacial score (nSPS) is 11.5. The van der Waals surface area contributed by atoms with Crippen molar-refractivity contribution in [3.63, 3.8) is 0 Å². The molecule has 9 heteroatoms. The molecule has 1 amide bonds. The largest absolute Gasteiger partial charge is 0.479 e. The molecule has 2 aromatic heterocycles. The van der Waals surface area contributed by atoms with E-state index in [1.165, 1.54) is 13.2 Å². The summed E-state index contributed by atoms with van der Waals surface area (Å²) < 4.78 is 40.8. The van der Waals surface area contributed by atoms with Crippen molar-refractivity contribution in [2.24, 2.45) is 12.8 Å². The van der Waals surface area contributed by atoms with Gasteiger partial charge in [-0.25, -0.2) is 13.8 Å². The predicted molar refractivity (Wildman–Crippen MR) is 126 cm³/mol. The monoisotopic (exact) mass is 466 g/mol. The molecule has 0 aliphatic heterocycles. The summed E-state index contributed by atoms with van der Waals surface area (Å²) in [5.74, 6) is -1.31. The van der Waals surface area contributed by atoms with Crippen molar-refractivity contribution in [3.8, 4) is 28.5 Å². The number of nitrogens with one attached hydrogen (secondary N) is 1. The van der Waals surface area contributed by atoms with Crippen LogP contribution in [0.1, 0.15) is 13.8 Å². The zero-order valence-corrected chi connectivity index (χ0v) is 19.1. The lowest BCUT2D eigenvalue weighted by Crippen LogP contribution is -2.45. The molecule has 7 nitrogen and oxygen atoms in total. The number of rotatable bonds is 6. The molecule has 4 aromatic rings. The molecule has 34 heavy (non-hydrogen) atoms. The molecule has 0 spiro atoms. The van der Waals surface area contributed by atoms with E-state index in [4.69, 9.17) is 15.2 Å². The highest BCUT2D eigenvalue weighted by atomic mass is 19.1. The molecular formula is C25H24F2N4O3. The summed E-state index contributed by atoms with van der Waals surface area (Å²) in [5, 5.41) is 3.60. The Bertz CT molecular complexity index is 1390. The summed E-state index contributed by atoms with van der Waals surface area (Å²) in [6.07, 6.45) is 3.48. The summed E-state index contributed by atoms with van der Waals surface area (Å²) in [6.45, 7) is 3.20. The maximum absolute atomic E-state index is 14.3. The Morgan fingerprint density at radius 3 is 2.50 bits per heavy atom. The maximum atomic E-state index is 14.3. The van der Waals surface area contributed by atoms with E-state index in [0.29, 0.717) is 22.9 Å². The van der Waals surface area contributed by atoms with Crippen LogP contribution in [0.4, 0.5) is 14.5 Å². The number of anilines is 1. The van der Waals surface area contributed by atoms with Gasteiger partial charge in [0, 0.05) is 47.7 Å². The van der Waals surface area contributed by atoms with Crippen molar-refractivity contribution in [3.05, 3.63) is 66.5 Å². The second-order valence-corrected chi connectivity index (χ2v) is 8.43. The first kappa shape index (κ1) is 23.2. The first-order valence-electron chi connectivity index (χ1n) is 10.4. The highest BCUT2D eigenvalue weighted by Crippen LogP contribution is 2.41. The van der Waals surface area contributed by atoms with Crippen LogP contribution in [0.5, 0.6) is 17.4 Å². The summed E-state index contributed by atoms with van der Waals surface area (Å²) in [5.41, 5.74) is 7.34. The fourth-order valence-corrected chi connectivity index (χ4v) is 3.56. The average molecular weight is 466 g/mol. The van der Waals surface area contributed by atoms with E-state index < -0.39 is 17.2 Å². The van der Waals surface area contributed by atoms with Crippen molar-refractivity contribution in [2.45, 2.75) is 19.4 Å². The van der Waals surface area contributed by atoms with Gasteiger partial charge in [-0.1, -0.05) is 0 Å². The van der Waals surface area contributed by atoms with E-state index in [1.54, 1.807) is 38.2 Å². The number of pyridine rings is 1. The molecule has 176 valence electrons. The molecule has 0 unspecified atom stereocenters. The number of fused-ring (bicyclic) bond motifs is 1. The lowest BCUT2D eigenvalue weighted by molar-refractivity contribution is -0.120. The van der Waals surface area contributed by atoms with Crippen LogP contribution < -0.4 is 20.5 Å². The zero-order chi connectivity index (χ0) is 24.6. The Balaban J connectivity index is 1.88. The number of aryl methyl sites for hydroxylation is 1. The third-order valence-electron chi connectivity index (χ3n) is 5.28. The number of halogens is 2. The van der Waals surface area contributed by atoms with E-state index in [9.17, 15) is 13.6 Å². The summed E-state index contributed by atoms with van der Waals surface area (Å²) in [7, 11) is 3.38. The number of nitrogens with zero attached hydrogens (tertiary/aromatic N) is 2. The highest BCUT2D eigenvalue weighted by molar-refractivity contribution is 6.02. The number of hydrogen-bond donors (Lipinski definition) is 2. The number of carbonyl (C=O) groups excluding carboxylic acids is 1. The van der Waals surface area contributed by atoms with Crippen LogP contribution in [0.2, 0.25) is 0 Å². The molecule has 0 saturated heterocycles. The number of benzene rings is 2. The number of hydrogen-bond acceptors (Lipinski definition) is 5. The third kappa shape index (κ3) is 4.42. The van der Waals surface area contributed by atoms with E-state index in [0.717, 1.165) is 28.6 Å². The minimum Gasteiger partial charge on any atom is -0.479 e. The topological polar surface area (TPSA) is 91.4 Å². The second-order valence-electron chi connectivity index (χ2n) is 8.43. The summed E-state index contributed by atoms with van der Waals surface area (Å²) in [4.78, 5) is 16.7. The van der Waals surface area contributed by atoms with Crippen molar-refractivity contribution < 1.29 is 23.0 Å². The zero-order valence-electron chi connectivity index (χ0n) is 19.1. The number of aromatic nitrogens is 2. The molecule has 3 N–H and O–H groups in total. The van der Waals surface area contributed by atoms with Gasteiger partial charge in [-0.2, -0.15) is 0 Å². The van der Waals surface area contributed by atoms with Crippen LogP contribution in [0, 0.1) is 11.6 Å². The Morgan fingerprint density at radius 1 is 1.09 bits per heavy atom. The SMILES string of the molecule is COc1nccc2c(-c3cc(NC(=O)C(C)(C)N)ccc3Oc3ccc(F)cc3F)cn(C)c12. The van der Waals surface area contributed by atoms with Crippen LogP contribution in [0.15, 0.2) is 54.9 Å². The lowest BCUT2D eigenvalue weighted by atomic mass is 10.0. The van der Waals surface area contributed by atoms with Gasteiger partial charge in [-0.15, -0.1) is 0 Å². The molecule has 0 aliphatic rings. The van der Waals surface area contributed by atoms with E-state index >= 15 is 0 Å². The lowest BCUT2D eigenvalue weighted by Gasteiger charge is -2.19. The van der Waals surface area contributed by atoms with Gasteiger partial charge in [0.25, 0.3) is 0 Å². The number of methoxy groups -OCH3 is 1. The molecule has 0 radical (unpaired) electrons. The van der Waals surface area contributed by atoms with Gasteiger partial charge in [0.1, 0.15) is 17.1 Å². The fourth-order valence-electron chi connectivity index (χ4n) is 3.56. The Labute approximate surface area is 195 Å². The van der Waals surface area contributed by atoms with Gasteiger partial charge in [0.2, 0.25) is 11.8 Å². The van der Waals surface area contributed by atoms with Gasteiger partial charge >= 0.3 is 0 Å². The van der Waals surface area contributed by atoms with Gasteiger partial charge in [0.15, 0.2) is 11.6 Å². The smallest absolute Gasteiger partial charge is 0.243 e. The summed E-state index contributed by atoms with van der Waals surface area (Å²) in [6, 6.07) is 9.85. The van der Waals surface area contributed by atoms with Crippen LogP contribution in [0.25, 0.3) is 22.0 Å².